The Labute approximate surface area is 71.2 Å². The molecule has 0 saturated carbocycles. The summed E-state index contributed by atoms with van der Waals surface area (Å²) in [6, 6.07) is -0.294. The lowest BCUT2D eigenvalue weighted by atomic mass is 10.3. The first-order valence-corrected chi connectivity index (χ1v) is 3.74. The molecule has 1 aromatic heterocycles. The van der Waals surface area contributed by atoms with Crippen molar-refractivity contribution in [3.8, 4) is 0 Å². The van der Waals surface area contributed by atoms with Gasteiger partial charge in [-0.1, -0.05) is 0 Å². The number of carbonyl (C=O) groups is 1. The quantitative estimate of drug-likeness (QED) is 0.617. The van der Waals surface area contributed by atoms with Crippen LogP contribution >= 0.6 is 0 Å². The number of ether oxygens (including phenoxy) is 1. The third kappa shape index (κ3) is 1.47. The monoisotopic (exact) mass is 168 g/mol. The van der Waals surface area contributed by atoms with Crippen molar-refractivity contribution >= 4 is 5.97 Å². The van der Waals surface area contributed by atoms with Gasteiger partial charge in [-0.05, 0) is 13.8 Å². The third-order valence-electron chi connectivity index (χ3n) is 1.82. The lowest BCUT2D eigenvalue weighted by molar-refractivity contribution is -0.144. The molecule has 0 aliphatic heterocycles. The Hall–Kier alpha value is -1.32. The van der Waals surface area contributed by atoms with E-state index >= 15 is 0 Å². The standard InChI is InChI=1S/C8H12N2O2/c1-6(8(11)12-3)10-5-4-9-7(10)2/h4-6H,1-3H3/t6-/m1/s1. The molecule has 0 spiro atoms. The van der Waals surface area contributed by atoms with E-state index in [0.29, 0.717) is 0 Å². The number of esters is 1. The Morgan fingerprint density at radius 3 is 2.83 bits per heavy atom. The molecule has 0 radical (unpaired) electrons. The number of aryl methyl sites for hydroxylation is 1. The van der Waals surface area contributed by atoms with Gasteiger partial charge in [0.2, 0.25) is 0 Å². The van der Waals surface area contributed by atoms with Crippen molar-refractivity contribution in [2.24, 2.45) is 0 Å². The number of carbonyl (C=O) groups excluding carboxylic acids is 1. The molecule has 0 amide bonds. The number of nitrogens with zero attached hydrogens (tertiary/aromatic N) is 2. The lowest BCUT2D eigenvalue weighted by Gasteiger charge is -2.11. The summed E-state index contributed by atoms with van der Waals surface area (Å²) in [6.07, 6.45) is 3.42. The molecular weight excluding hydrogens is 156 g/mol. The second-order valence-corrected chi connectivity index (χ2v) is 2.58. The molecular formula is C8H12N2O2. The maximum atomic E-state index is 11.1. The van der Waals surface area contributed by atoms with Gasteiger partial charge in [-0.2, -0.15) is 0 Å². The molecule has 1 heterocycles. The van der Waals surface area contributed by atoms with Crippen LogP contribution in [0.15, 0.2) is 12.4 Å². The minimum absolute atomic E-state index is 0.254. The average molecular weight is 168 g/mol. The van der Waals surface area contributed by atoms with Crippen LogP contribution in [0, 0.1) is 6.92 Å². The van der Waals surface area contributed by atoms with Crippen LogP contribution in [0.2, 0.25) is 0 Å². The van der Waals surface area contributed by atoms with Crippen LogP contribution in [0.3, 0.4) is 0 Å². The fourth-order valence-corrected chi connectivity index (χ4v) is 1.08. The van der Waals surface area contributed by atoms with Crippen molar-refractivity contribution in [2.45, 2.75) is 19.9 Å². The van der Waals surface area contributed by atoms with E-state index in [1.807, 2.05) is 6.92 Å². The van der Waals surface area contributed by atoms with Crippen LogP contribution < -0.4 is 0 Å². The minimum atomic E-state index is -0.294. The summed E-state index contributed by atoms with van der Waals surface area (Å²) >= 11 is 0. The number of hydrogen-bond donors (Lipinski definition) is 0. The zero-order chi connectivity index (χ0) is 9.14. The first-order chi connectivity index (χ1) is 5.66. The van der Waals surface area contributed by atoms with E-state index in [1.54, 1.807) is 23.9 Å². The molecule has 0 bridgehead atoms. The van der Waals surface area contributed by atoms with Crippen LogP contribution in [0.1, 0.15) is 18.8 Å². The normalized spacial score (nSPS) is 12.6. The van der Waals surface area contributed by atoms with E-state index in [1.165, 1.54) is 7.11 Å². The van der Waals surface area contributed by atoms with Gasteiger partial charge in [-0.15, -0.1) is 0 Å². The van der Waals surface area contributed by atoms with Crippen LogP contribution in [0.25, 0.3) is 0 Å². The first-order valence-electron chi connectivity index (χ1n) is 3.74. The molecule has 4 heteroatoms. The lowest BCUT2D eigenvalue weighted by Crippen LogP contribution is -2.18. The smallest absolute Gasteiger partial charge is 0.328 e. The highest BCUT2D eigenvalue weighted by atomic mass is 16.5. The highest BCUT2D eigenvalue weighted by Gasteiger charge is 2.15. The fraction of sp³-hybridized carbons (Fsp3) is 0.500. The van der Waals surface area contributed by atoms with Gasteiger partial charge in [0.25, 0.3) is 0 Å². The summed E-state index contributed by atoms with van der Waals surface area (Å²) in [6.45, 7) is 3.62. The van der Waals surface area contributed by atoms with Crippen LogP contribution in [-0.4, -0.2) is 22.6 Å². The van der Waals surface area contributed by atoms with Crippen molar-refractivity contribution in [2.75, 3.05) is 7.11 Å². The van der Waals surface area contributed by atoms with Crippen molar-refractivity contribution in [3.05, 3.63) is 18.2 Å². The second kappa shape index (κ2) is 3.38. The Morgan fingerprint density at radius 2 is 2.42 bits per heavy atom. The van der Waals surface area contributed by atoms with Gasteiger partial charge in [0, 0.05) is 12.4 Å². The van der Waals surface area contributed by atoms with E-state index in [0.717, 1.165) is 5.82 Å². The summed E-state index contributed by atoms with van der Waals surface area (Å²) < 4.78 is 6.37. The topological polar surface area (TPSA) is 44.1 Å². The number of rotatable bonds is 2. The molecule has 0 unspecified atom stereocenters. The largest absolute Gasteiger partial charge is 0.467 e. The summed E-state index contributed by atoms with van der Waals surface area (Å²) in [4.78, 5) is 15.1. The number of aromatic nitrogens is 2. The predicted octanol–water partition coefficient (Wildman–Crippen LogP) is 0.926. The Balaban J connectivity index is 2.84. The zero-order valence-electron chi connectivity index (χ0n) is 7.44. The molecule has 0 fully saturated rings. The van der Waals surface area contributed by atoms with Gasteiger partial charge in [-0.3, -0.25) is 0 Å². The van der Waals surface area contributed by atoms with Gasteiger partial charge >= 0.3 is 5.97 Å². The minimum Gasteiger partial charge on any atom is -0.467 e. The van der Waals surface area contributed by atoms with Gasteiger partial charge in [0.1, 0.15) is 11.9 Å². The summed E-state index contributed by atoms with van der Waals surface area (Å²) in [7, 11) is 1.38. The maximum Gasteiger partial charge on any atom is 0.328 e. The van der Waals surface area contributed by atoms with Crippen molar-refractivity contribution in [1.29, 1.82) is 0 Å². The predicted molar refractivity (Wildman–Crippen MR) is 43.7 cm³/mol. The summed E-state index contributed by atoms with van der Waals surface area (Å²) in [5, 5.41) is 0. The first kappa shape index (κ1) is 8.77. The third-order valence-corrected chi connectivity index (χ3v) is 1.82. The molecule has 66 valence electrons. The Bertz CT molecular complexity index is 280. The van der Waals surface area contributed by atoms with Gasteiger partial charge in [0.05, 0.1) is 7.11 Å². The number of methoxy groups -OCH3 is 1. The second-order valence-electron chi connectivity index (χ2n) is 2.58. The molecule has 1 aromatic rings. The molecule has 1 atom stereocenters. The summed E-state index contributed by atoms with van der Waals surface area (Å²) in [5.74, 6) is 0.559. The SMILES string of the molecule is COC(=O)[C@@H](C)n1ccnc1C. The Morgan fingerprint density at radius 1 is 1.75 bits per heavy atom. The van der Waals surface area contributed by atoms with E-state index in [2.05, 4.69) is 9.72 Å². The average Bonchev–Trinajstić information content (AvgIpc) is 2.48. The molecule has 0 aromatic carbocycles. The molecule has 0 aliphatic carbocycles. The van der Waals surface area contributed by atoms with Crippen molar-refractivity contribution < 1.29 is 9.53 Å². The molecule has 4 nitrogen and oxygen atoms in total. The highest BCUT2D eigenvalue weighted by molar-refractivity contribution is 5.73. The van der Waals surface area contributed by atoms with E-state index in [4.69, 9.17) is 0 Å². The van der Waals surface area contributed by atoms with Crippen LogP contribution in [0.4, 0.5) is 0 Å². The molecule has 0 N–H and O–H groups in total. The van der Waals surface area contributed by atoms with Gasteiger partial charge in [0.15, 0.2) is 0 Å². The number of imidazole rings is 1. The molecule has 1 rings (SSSR count). The molecule has 0 saturated heterocycles. The van der Waals surface area contributed by atoms with Gasteiger partial charge < -0.3 is 9.30 Å². The van der Waals surface area contributed by atoms with E-state index in [-0.39, 0.29) is 12.0 Å². The fourth-order valence-electron chi connectivity index (χ4n) is 1.08. The zero-order valence-corrected chi connectivity index (χ0v) is 7.44. The van der Waals surface area contributed by atoms with E-state index in [9.17, 15) is 4.79 Å². The van der Waals surface area contributed by atoms with Crippen molar-refractivity contribution in [1.82, 2.24) is 9.55 Å². The van der Waals surface area contributed by atoms with Gasteiger partial charge in [-0.25, -0.2) is 9.78 Å². The molecule has 12 heavy (non-hydrogen) atoms. The number of hydrogen-bond acceptors (Lipinski definition) is 3. The highest BCUT2D eigenvalue weighted by Crippen LogP contribution is 2.09. The van der Waals surface area contributed by atoms with Crippen molar-refractivity contribution in [3.63, 3.8) is 0 Å². The van der Waals surface area contributed by atoms with Crippen LogP contribution in [0.5, 0.6) is 0 Å². The van der Waals surface area contributed by atoms with E-state index < -0.39 is 0 Å². The van der Waals surface area contributed by atoms with Crippen LogP contribution in [-0.2, 0) is 9.53 Å². The maximum absolute atomic E-state index is 11.1. The Kier molecular flexibility index (Phi) is 2.47. The summed E-state index contributed by atoms with van der Waals surface area (Å²) in [5.41, 5.74) is 0. The molecule has 0 aliphatic rings.